The summed E-state index contributed by atoms with van der Waals surface area (Å²) in [5, 5.41) is 8.88. The molecule has 0 spiro atoms. The van der Waals surface area contributed by atoms with E-state index >= 15 is 0 Å². The summed E-state index contributed by atoms with van der Waals surface area (Å²) in [6, 6.07) is 6.34. The number of benzene rings is 1. The lowest BCUT2D eigenvalue weighted by Crippen LogP contribution is -2.25. The quantitative estimate of drug-likeness (QED) is 0.397. The number of fused-ring (bicyclic) bond motifs is 1. The van der Waals surface area contributed by atoms with E-state index in [-0.39, 0.29) is 30.6 Å². The minimum atomic E-state index is -0.521. The molecule has 146 valence electrons. The zero-order chi connectivity index (χ0) is 19.9. The third-order valence-corrected chi connectivity index (χ3v) is 4.61. The molecule has 0 saturated carbocycles. The second-order valence-corrected chi connectivity index (χ2v) is 6.78. The van der Waals surface area contributed by atoms with Crippen LogP contribution in [0.5, 0.6) is 5.75 Å². The standard InChI is InChI=1S/C19H18N2O6S/c22-15(12-3-4-16-14(8-12)21-17(23)10-26-16)9-27-18(24)2-1-6-20-19(25)13-5-7-28-11-13/h3-5,7-8,11H,1-2,6,9-10H2,(H,20,25)(H,21,23). The molecule has 1 aromatic carbocycles. The second kappa shape index (κ2) is 9.14. The Morgan fingerprint density at radius 2 is 2.07 bits per heavy atom. The highest BCUT2D eigenvalue weighted by Gasteiger charge is 2.18. The normalized spacial score (nSPS) is 12.4. The molecule has 1 aliphatic heterocycles. The molecule has 0 radical (unpaired) electrons. The number of ether oxygens (including phenoxy) is 2. The van der Waals surface area contributed by atoms with Crippen LogP contribution in [0.4, 0.5) is 5.69 Å². The molecule has 0 saturated heterocycles. The Hall–Kier alpha value is -3.20. The van der Waals surface area contributed by atoms with Gasteiger partial charge in [0.1, 0.15) is 5.75 Å². The molecule has 2 N–H and O–H groups in total. The summed E-state index contributed by atoms with van der Waals surface area (Å²) in [6.45, 7) is -0.123. The van der Waals surface area contributed by atoms with Crippen molar-refractivity contribution >= 4 is 40.6 Å². The van der Waals surface area contributed by atoms with Crippen LogP contribution in [-0.2, 0) is 14.3 Å². The predicted octanol–water partition coefficient (Wildman–Crippen LogP) is 2.02. The maximum Gasteiger partial charge on any atom is 0.306 e. The number of thiophene rings is 1. The van der Waals surface area contributed by atoms with Crippen LogP contribution in [-0.4, -0.2) is 43.3 Å². The van der Waals surface area contributed by atoms with Crippen molar-refractivity contribution in [2.45, 2.75) is 12.8 Å². The van der Waals surface area contributed by atoms with E-state index in [9.17, 15) is 19.2 Å². The average Bonchev–Trinajstić information content (AvgIpc) is 3.23. The van der Waals surface area contributed by atoms with Crippen molar-refractivity contribution in [1.82, 2.24) is 5.32 Å². The summed E-state index contributed by atoms with van der Waals surface area (Å²) in [4.78, 5) is 47.0. The Balaban J connectivity index is 1.38. The van der Waals surface area contributed by atoms with E-state index < -0.39 is 12.6 Å². The van der Waals surface area contributed by atoms with Gasteiger partial charge in [-0.25, -0.2) is 0 Å². The van der Waals surface area contributed by atoms with E-state index in [0.717, 1.165) is 0 Å². The van der Waals surface area contributed by atoms with Gasteiger partial charge >= 0.3 is 5.97 Å². The van der Waals surface area contributed by atoms with Crippen LogP contribution in [0, 0.1) is 0 Å². The van der Waals surface area contributed by atoms with Gasteiger partial charge in [0.2, 0.25) is 0 Å². The summed E-state index contributed by atoms with van der Waals surface area (Å²) in [5.41, 5.74) is 1.31. The van der Waals surface area contributed by atoms with E-state index in [1.807, 2.05) is 5.38 Å². The Labute approximate surface area is 164 Å². The van der Waals surface area contributed by atoms with Crippen molar-refractivity contribution in [3.8, 4) is 5.75 Å². The molecule has 1 aliphatic rings. The number of carbonyl (C=O) groups excluding carboxylic acids is 4. The van der Waals surface area contributed by atoms with Gasteiger partial charge in [-0.15, -0.1) is 0 Å². The number of carbonyl (C=O) groups is 4. The highest BCUT2D eigenvalue weighted by Crippen LogP contribution is 2.28. The Kier molecular flexibility index (Phi) is 6.38. The lowest BCUT2D eigenvalue weighted by atomic mass is 10.1. The van der Waals surface area contributed by atoms with Gasteiger partial charge in [-0.1, -0.05) is 0 Å². The van der Waals surface area contributed by atoms with Crippen molar-refractivity contribution in [1.29, 1.82) is 0 Å². The highest BCUT2D eigenvalue weighted by molar-refractivity contribution is 7.08. The van der Waals surface area contributed by atoms with E-state index in [1.165, 1.54) is 17.4 Å². The predicted molar refractivity (Wildman–Crippen MR) is 102 cm³/mol. The number of ketones is 1. The highest BCUT2D eigenvalue weighted by atomic mass is 32.1. The first-order chi connectivity index (χ1) is 13.5. The number of rotatable bonds is 8. The van der Waals surface area contributed by atoms with Gasteiger partial charge in [-0.05, 0) is 36.1 Å². The van der Waals surface area contributed by atoms with Gasteiger partial charge in [0.05, 0.1) is 5.69 Å². The largest absolute Gasteiger partial charge is 0.482 e. The third kappa shape index (κ3) is 5.17. The maximum atomic E-state index is 12.2. The lowest BCUT2D eigenvalue weighted by molar-refractivity contribution is -0.142. The fourth-order valence-electron chi connectivity index (χ4n) is 2.49. The van der Waals surface area contributed by atoms with E-state index in [2.05, 4.69) is 10.6 Å². The zero-order valence-corrected chi connectivity index (χ0v) is 15.7. The van der Waals surface area contributed by atoms with Gasteiger partial charge in [-0.3, -0.25) is 19.2 Å². The number of esters is 1. The molecule has 8 nitrogen and oxygen atoms in total. The number of hydrogen-bond donors (Lipinski definition) is 2. The summed E-state index contributed by atoms with van der Waals surface area (Å²) in [5.74, 6) is -0.907. The Morgan fingerprint density at radius 3 is 2.86 bits per heavy atom. The lowest BCUT2D eigenvalue weighted by Gasteiger charge is -2.18. The van der Waals surface area contributed by atoms with Crippen molar-refractivity contribution in [3.63, 3.8) is 0 Å². The number of anilines is 1. The third-order valence-electron chi connectivity index (χ3n) is 3.93. The molecule has 0 fully saturated rings. The molecule has 0 unspecified atom stereocenters. The molecule has 0 aliphatic carbocycles. The van der Waals surface area contributed by atoms with Gasteiger partial charge in [-0.2, -0.15) is 11.3 Å². The number of hydrogen-bond acceptors (Lipinski definition) is 7. The maximum absolute atomic E-state index is 12.2. The summed E-state index contributed by atoms with van der Waals surface area (Å²) in [6.07, 6.45) is 0.496. The molecule has 2 aromatic rings. The van der Waals surface area contributed by atoms with Crippen molar-refractivity contribution in [2.24, 2.45) is 0 Å². The molecular weight excluding hydrogens is 384 g/mol. The molecule has 9 heteroatoms. The topological polar surface area (TPSA) is 111 Å². The van der Waals surface area contributed by atoms with Crippen LogP contribution in [0.3, 0.4) is 0 Å². The number of nitrogens with one attached hydrogen (secondary N) is 2. The van der Waals surface area contributed by atoms with Crippen LogP contribution in [0.1, 0.15) is 33.6 Å². The van der Waals surface area contributed by atoms with Crippen molar-refractivity contribution in [2.75, 3.05) is 25.1 Å². The Morgan fingerprint density at radius 1 is 1.21 bits per heavy atom. The molecule has 0 atom stereocenters. The molecule has 2 amide bonds. The smallest absolute Gasteiger partial charge is 0.306 e. The molecule has 28 heavy (non-hydrogen) atoms. The molecule has 0 bridgehead atoms. The van der Waals surface area contributed by atoms with Crippen LogP contribution in [0.25, 0.3) is 0 Å². The van der Waals surface area contributed by atoms with E-state index in [1.54, 1.807) is 23.6 Å². The first-order valence-corrected chi connectivity index (χ1v) is 9.53. The monoisotopic (exact) mass is 402 g/mol. The van der Waals surface area contributed by atoms with Gasteiger partial charge < -0.3 is 20.1 Å². The van der Waals surface area contributed by atoms with Crippen LogP contribution in [0.15, 0.2) is 35.0 Å². The SMILES string of the molecule is O=C1COc2ccc(C(=O)COC(=O)CCCNC(=O)c3ccsc3)cc2N1. The Bertz CT molecular complexity index is 894. The summed E-state index contributed by atoms with van der Waals surface area (Å²) < 4.78 is 10.2. The molecular formula is C19H18N2O6S. The van der Waals surface area contributed by atoms with Crippen LogP contribution >= 0.6 is 11.3 Å². The fraction of sp³-hybridized carbons (Fsp3) is 0.263. The molecule has 3 rings (SSSR count). The summed E-state index contributed by atoms with van der Waals surface area (Å²) >= 11 is 1.43. The fourth-order valence-corrected chi connectivity index (χ4v) is 3.12. The van der Waals surface area contributed by atoms with Crippen LogP contribution < -0.4 is 15.4 Å². The van der Waals surface area contributed by atoms with Crippen molar-refractivity contribution in [3.05, 3.63) is 46.2 Å². The van der Waals surface area contributed by atoms with Crippen LogP contribution in [0.2, 0.25) is 0 Å². The zero-order valence-electron chi connectivity index (χ0n) is 14.9. The van der Waals surface area contributed by atoms with Crippen molar-refractivity contribution < 1.29 is 28.7 Å². The number of Topliss-reactive ketones (excluding diaryl/α,β-unsaturated/α-hetero) is 1. The van der Waals surface area contributed by atoms with Gasteiger partial charge in [0, 0.05) is 29.5 Å². The molecule has 1 aromatic heterocycles. The number of amides is 2. The minimum absolute atomic E-state index is 0.0639. The summed E-state index contributed by atoms with van der Waals surface area (Å²) in [7, 11) is 0. The second-order valence-electron chi connectivity index (χ2n) is 6.00. The van der Waals surface area contributed by atoms with E-state index in [0.29, 0.717) is 35.5 Å². The minimum Gasteiger partial charge on any atom is -0.482 e. The van der Waals surface area contributed by atoms with Gasteiger partial charge in [0.25, 0.3) is 11.8 Å². The average molecular weight is 402 g/mol. The first-order valence-electron chi connectivity index (χ1n) is 8.59. The van der Waals surface area contributed by atoms with Gasteiger partial charge in [0.15, 0.2) is 19.0 Å². The molecule has 2 heterocycles. The first kappa shape index (κ1) is 19.6. The van der Waals surface area contributed by atoms with E-state index in [4.69, 9.17) is 9.47 Å².